The Morgan fingerprint density at radius 3 is 2.65 bits per heavy atom. The molecule has 0 bridgehead atoms. The molecule has 1 saturated heterocycles. The van der Waals surface area contributed by atoms with Crippen LogP contribution in [0.5, 0.6) is 0 Å². The molecule has 26 heavy (non-hydrogen) atoms. The topological polar surface area (TPSA) is 119 Å². The van der Waals surface area contributed by atoms with Gasteiger partial charge in [0.1, 0.15) is 6.04 Å². The van der Waals surface area contributed by atoms with Crippen LogP contribution in [0.4, 0.5) is 5.69 Å². The van der Waals surface area contributed by atoms with Gasteiger partial charge in [-0.25, -0.2) is 0 Å². The van der Waals surface area contributed by atoms with E-state index < -0.39 is 22.2 Å². The number of benzene rings is 1. The molecule has 0 aliphatic carbocycles. The minimum atomic E-state index is -0.899. The largest absolute Gasteiger partial charge is 0.469 e. The fraction of sp³-hybridized carbons (Fsp3) is 0.438. The predicted octanol–water partition coefficient (Wildman–Crippen LogP) is 0.966. The van der Waals surface area contributed by atoms with Crippen LogP contribution in [-0.2, 0) is 19.1 Å². The molecule has 1 heterocycles. The van der Waals surface area contributed by atoms with Gasteiger partial charge in [-0.3, -0.25) is 24.5 Å². The average molecular weight is 381 g/mol. The molecule has 1 N–H and O–H groups in total. The fourth-order valence-corrected chi connectivity index (χ4v) is 3.49. The highest BCUT2D eigenvalue weighted by Gasteiger charge is 2.36. The van der Waals surface area contributed by atoms with Crippen molar-refractivity contribution in [1.29, 1.82) is 0 Å². The van der Waals surface area contributed by atoms with Gasteiger partial charge in [-0.05, 0) is 19.1 Å². The van der Waals surface area contributed by atoms with Crippen LogP contribution in [0, 0.1) is 10.1 Å². The van der Waals surface area contributed by atoms with Gasteiger partial charge >= 0.3 is 5.97 Å². The quantitative estimate of drug-likeness (QED) is 0.337. The number of hydrogen-bond acceptors (Lipinski definition) is 7. The maximum atomic E-state index is 12.8. The fourth-order valence-electron chi connectivity index (χ4n) is 2.56. The number of nitro groups is 1. The Bertz CT molecular complexity index is 708. The van der Waals surface area contributed by atoms with Gasteiger partial charge in [0.25, 0.3) is 5.69 Å². The molecular formula is C16H19N3O6S. The van der Waals surface area contributed by atoms with Crippen molar-refractivity contribution in [3.63, 3.8) is 0 Å². The van der Waals surface area contributed by atoms with Gasteiger partial charge in [0, 0.05) is 30.1 Å². The zero-order valence-electron chi connectivity index (χ0n) is 14.3. The summed E-state index contributed by atoms with van der Waals surface area (Å²) >= 11 is 1.23. The number of nitro benzene ring substituents is 1. The zero-order chi connectivity index (χ0) is 19.3. The van der Waals surface area contributed by atoms with E-state index in [9.17, 15) is 24.5 Å². The van der Waals surface area contributed by atoms with E-state index in [-0.39, 0.29) is 23.9 Å². The number of esters is 1. The number of methoxy groups -OCH3 is 1. The van der Waals surface area contributed by atoms with Crippen LogP contribution in [0.3, 0.4) is 0 Å². The number of piperazine rings is 1. The molecule has 0 spiro atoms. The molecule has 0 saturated carbocycles. The first-order valence-corrected chi connectivity index (χ1v) is 8.77. The molecule has 0 aromatic heterocycles. The van der Waals surface area contributed by atoms with Crippen LogP contribution >= 0.6 is 11.8 Å². The van der Waals surface area contributed by atoms with Crippen LogP contribution in [-0.4, -0.2) is 59.1 Å². The molecular weight excluding hydrogens is 362 g/mol. The molecule has 10 heteroatoms. The molecule has 140 valence electrons. The molecule has 1 fully saturated rings. The van der Waals surface area contributed by atoms with Crippen LogP contribution in [0.25, 0.3) is 0 Å². The lowest BCUT2D eigenvalue weighted by atomic mass is 10.1. The summed E-state index contributed by atoms with van der Waals surface area (Å²) in [4.78, 5) is 48.7. The molecule has 2 atom stereocenters. The van der Waals surface area contributed by atoms with E-state index >= 15 is 0 Å². The highest BCUT2D eigenvalue weighted by molar-refractivity contribution is 8.00. The summed E-state index contributed by atoms with van der Waals surface area (Å²) in [7, 11) is 1.22. The van der Waals surface area contributed by atoms with Crippen LogP contribution in [0.2, 0.25) is 0 Å². The van der Waals surface area contributed by atoms with Crippen LogP contribution in [0.1, 0.15) is 13.3 Å². The van der Waals surface area contributed by atoms with Gasteiger partial charge < -0.3 is 15.0 Å². The lowest BCUT2D eigenvalue weighted by Crippen LogP contribution is -2.59. The molecule has 1 aromatic carbocycles. The van der Waals surface area contributed by atoms with E-state index in [2.05, 4.69) is 10.1 Å². The number of thioether (sulfide) groups is 1. The average Bonchev–Trinajstić information content (AvgIpc) is 2.63. The lowest BCUT2D eigenvalue weighted by Gasteiger charge is -2.35. The second kappa shape index (κ2) is 8.65. The maximum absolute atomic E-state index is 12.8. The number of carbonyl (C=O) groups excluding carboxylic acids is 3. The molecule has 0 radical (unpaired) electrons. The molecule has 9 nitrogen and oxygen atoms in total. The van der Waals surface area contributed by atoms with Crippen molar-refractivity contribution in [3.8, 4) is 0 Å². The SMILES string of the molecule is COC(=O)CC1C(=O)NCCN1C(=O)C(C)Sc1ccc([N+](=O)[O-])cc1. The monoisotopic (exact) mass is 381 g/mol. The first kappa shape index (κ1) is 19.7. The summed E-state index contributed by atoms with van der Waals surface area (Å²) < 4.78 is 4.60. The summed E-state index contributed by atoms with van der Waals surface area (Å²) in [5.41, 5.74) is -0.0285. The Hall–Kier alpha value is -2.62. The Labute approximate surface area is 154 Å². The molecule has 1 aliphatic rings. The Morgan fingerprint density at radius 1 is 1.42 bits per heavy atom. The number of nitrogens with zero attached hydrogens (tertiary/aromatic N) is 2. The van der Waals surface area contributed by atoms with E-state index in [1.165, 1.54) is 35.9 Å². The minimum Gasteiger partial charge on any atom is -0.469 e. The molecule has 2 unspecified atom stereocenters. The number of rotatable bonds is 6. The number of non-ortho nitro benzene ring substituents is 1. The highest BCUT2D eigenvalue weighted by Crippen LogP contribution is 2.27. The van der Waals surface area contributed by atoms with Crippen molar-refractivity contribution in [1.82, 2.24) is 10.2 Å². The summed E-state index contributed by atoms with van der Waals surface area (Å²) in [5.74, 6) is -1.24. The summed E-state index contributed by atoms with van der Waals surface area (Å²) in [5, 5.41) is 12.8. The first-order chi connectivity index (χ1) is 12.3. The maximum Gasteiger partial charge on any atom is 0.308 e. The number of hydrogen-bond donors (Lipinski definition) is 1. The molecule has 2 amide bonds. The van der Waals surface area contributed by atoms with Gasteiger partial charge in [0.15, 0.2) is 0 Å². The highest BCUT2D eigenvalue weighted by atomic mass is 32.2. The third-order valence-corrected chi connectivity index (χ3v) is 5.01. The van der Waals surface area contributed by atoms with Gasteiger partial charge in [-0.1, -0.05) is 0 Å². The van der Waals surface area contributed by atoms with Gasteiger partial charge in [0.2, 0.25) is 11.8 Å². The van der Waals surface area contributed by atoms with Gasteiger partial charge in [-0.2, -0.15) is 0 Å². The van der Waals surface area contributed by atoms with Gasteiger partial charge in [-0.15, -0.1) is 11.8 Å². The predicted molar refractivity (Wildman–Crippen MR) is 93.6 cm³/mol. The molecule has 2 rings (SSSR count). The standard InChI is InChI=1S/C16H19N3O6S/c1-10(26-12-5-3-11(4-6-12)19(23)24)16(22)18-8-7-17-15(21)13(18)9-14(20)25-2/h3-6,10,13H,7-9H2,1-2H3,(H,17,21). The van der Waals surface area contributed by atoms with Crippen molar-refractivity contribution >= 4 is 35.2 Å². The second-order valence-corrected chi connectivity index (χ2v) is 7.04. The lowest BCUT2D eigenvalue weighted by molar-refractivity contribution is -0.384. The second-order valence-electron chi connectivity index (χ2n) is 5.63. The number of ether oxygens (including phenoxy) is 1. The Balaban J connectivity index is 2.07. The number of nitrogens with one attached hydrogen (secondary N) is 1. The zero-order valence-corrected chi connectivity index (χ0v) is 15.2. The third kappa shape index (κ3) is 4.72. The van der Waals surface area contributed by atoms with Crippen molar-refractivity contribution < 1.29 is 24.0 Å². The van der Waals surface area contributed by atoms with Crippen LogP contribution < -0.4 is 5.32 Å². The van der Waals surface area contributed by atoms with Crippen molar-refractivity contribution in [3.05, 3.63) is 34.4 Å². The Morgan fingerprint density at radius 2 is 2.08 bits per heavy atom. The normalized spacial score (nSPS) is 18.0. The van der Waals surface area contributed by atoms with Crippen molar-refractivity contribution in [2.45, 2.75) is 29.5 Å². The Kier molecular flexibility index (Phi) is 6.56. The summed E-state index contributed by atoms with van der Waals surface area (Å²) in [6, 6.07) is 4.98. The summed E-state index contributed by atoms with van der Waals surface area (Å²) in [6.07, 6.45) is -0.205. The van der Waals surface area contributed by atoms with Crippen molar-refractivity contribution in [2.75, 3.05) is 20.2 Å². The van der Waals surface area contributed by atoms with E-state index in [4.69, 9.17) is 0 Å². The van der Waals surface area contributed by atoms with E-state index in [0.717, 1.165) is 0 Å². The van der Waals surface area contributed by atoms with Crippen LogP contribution in [0.15, 0.2) is 29.2 Å². The van der Waals surface area contributed by atoms with E-state index in [0.29, 0.717) is 18.0 Å². The third-order valence-electron chi connectivity index (χ3n) is 3.91. The molecule has 1 aliphatic heterocycles. The number of carbonyl (C=O) groups is 3. The van der Waals surface area contributed by atoms with Crippen molar-refractivity contribution in [2.24, 2.45) is 0 Å². The first-order valence-electron chi connectivity index (χ1n) is 7.89. The summed E-state index contributed by atoms with van der Waals surface area (Å²) in [6.45, 7) is 2.31. The minimum absolute atomic E-state index is 0.0285. The van der Waals surface area contributed by atoms with Gasteiger partial charge in [0.05, 0.1) is 23.7 Å². The van der Waals surface area contributed by atoms with E-state index in [1.807, 2.05) is 0 Å². The molecule has 1 aromatic rings. The number of amides is 2. The smallest absolute Gasteiger partial charge is 0.308 e. The van der Waals surface area contributed by atoms with E-state index in [1.54, 1.807) is 19.1 Å².